The maximum Gasteiger partial charge on any atom is 0.211 e. The van der Waals surface area contributed by atoms with E-state index in [9.17, 15) is 5.26 Å². The third kappa shape index (κ3) is 3.73. The monoisotopic (exact) mass is 624 g/mol. The smallest absolute Gasteiger partial charge is 0.211 e. The Balaban J connectivity index is 1.27. The topological polar surface area (TPSA) is 51.1 Å². The summed E-state index contributed by atoms with van der Waals surface area (Å²) in [5, 5.41) is 17.3. The van der Waals surface area contributed by atoms with Gasteiger partial charge in [0, 0.05) is 38.2 Å². The molecule has 0 amide bonds. The van der Waals surface area contributed by atoms with Crippen LogP contribution in [0.1, 0.15) is 5.56 Å². The zero-order valence-corrected chi connectivity index (χ0v) is 26.1. The van der Waals surface area contributed by atoms with Crippen LogP contribution in [0.2, 0.25) is 0 Å². The van der Waals surface area contributed by atoms with Gasteiger partial charge in [-0.3, -0.25) is 0 Å². The van der Waals surface area contributed by atoms with Crippen molar-refractivity contribution in [3.05, 3.63) is 163 Å². The van der Waals surface area contributed by atoms with E-state index >= 15 is 0 Å². The van der Waals surface area contributed by atoms with Gasteiger partial charge in [0.25, 0.3) is 0 Å². The third-order valence-corrected chi connectivity index (χ3v) is 9.79. The van der Waals surface area contributed by atoms with Crippen LogP contribution in [-0.2, 0) is 0 Å². The van der Waals surface area contributed by atoms with Crippen LogP contribution in [0, 0.1) is 17.9 Å². The van der Waals surface area contributed by atoms with Crippen molar-refractivity contribution in [2.24, 2.45) is 0 Å². The van der Waals surface area contributed by atoms with Crippen LogP contribution in [0.3, 0.4) is 0 Å². The highest BCUT2D eigenvalue weighted by molar-refractivity contribution is 6.24. The van der Waals surface area contributed by atoms with Gasteiger partial charge in [-0.05, 0) is 54.1 Å². The third-order valence-electron chi connectivity index (χ3n) is 9.79. The first-order chi connectivity index (χ1) is 24.2. The molecule has 0 aliphatic rings. The van der Waals surface area contributed by atoms with E-state index in [1.54, 1.807) is 0 Å². The fourth-order valence-corrected chi connectivity index (χ4v) is 7.77. The maximum absolute atomic E-state index is 10.8. The summed E-state index contributed by atoms with van der Waals surface area (Å²) in [5.74, 6) is 0. The summed E-state index contributed by atoms with van der Waals surface area (Å²) in [6, 6.07) is 51.7. The first-order valence-corrected chi connectivity index (χ1v) is 16.1. The van der Waals surface area contributed by atoms with Crippen LogP contribution >= 0.6 is 0 Å². The molecule has 0 N–H and O–H groups in total. The van der Waals surface area contributed by atoms with Crippen LogP contribution in [0.4, 0.5) is 5.69 Å². The minimum atomic E-state index is 0.522. The molecule has 0 saturated carbocycles. The summed E-state index contributed by atoms with van der Waals surface area (Å²) in [7, 11) is 0. The van der Waals surface area contributed by atoms with E-state index in [0.29, 0.717) is 11.3 Å². The summed E-state index contributed by atoms with van der Waals surface area (Å²) < 4.78 is 10.7. The number of aromatic nitrogens is 2. The number of nitriles is 1. The van der Waals surface area contributed by atoms with Crippen molar-refractivity contribution in [3.63, 3.8) is 0 Å². The Morgan fingerprint density at radius 3 is 1.88 bits per heavy atom. The van der Waals surface area contributed by atoms with E-state index in [2.05, 4.69) is 92.8 Å². The molecule has 49 heavy (non-hydrogen) atoms. The lowest BCUT2D eigenvalue weighted by Gasteiger charge is -2.18. The molecule has 10 rings (SSSR count). The molecule has 0 radical (unpaired) electrons. The Bertz CT molecular complexity index is 3030. The molecule has 0 bridgehead atoms. The molecule has 7 aromatic carbocycles. The van der Waals surface area contributed by atoms with Gasteiger partial charge < -0.3 is 13.6 Å². The first kappa shape index (κ1) is 27.1. The van der Waals surface area contributed by atoms with Gasteiger partial charge in [0.1, 0.15) is 11.2 Å². The Kier molecular flexibility index (Phi) is 5.64. The molecule has 3 aromatic heterocycles. The summed E-state index contributed by atoms with van der Waals surface area (Å²) in [6.45, 7) is 8.19. The van der Waals surface area contributed by atoms with Crippen molar-refractivity contribution in [2.45, 2.75) is 0 Å². The summed E-state index contributed by atoms with van der Waals surface area (Å²) in [6.07, 6.45) is 0. The van der Waals surface area contributed by atoms with E-state index in [1.807, 2.05) is 72.8 Å². The predicted octanol–water partition coefficient (Wildman–Crippen LogP) is 11.9. The molecule has 5 heteroatoms. The van der Waals surface area contributed by atoms with Crippen LogP contribution < -0.4 is 0 Å². The molecule has 0 aliphatic heterocycles. The fraction of sp³-hybridized carbons (Fsp3) is 0. The quantitative estimate of drug-likeness (QED) is 0.184. The molecule has 0 fully saturated rings. The van der Waals surface area contributed by atoms with Gasteiger partial charge in [0.15, 0.2) is 0 Å². The summed E-state index contributed by atoms with van der Waals surface area (Å²) in [5.41, 5.74) is 10.1. The molecule has 0 saturated heterocycles. The van der Waals surface area contributed by atoms with E-state index in [4.69, 9.17) is 11.0 Å². The number of nitrogens with zero attached hydrogens (tertiary/aromatic N) is 4. The fourth-order valence-electron chi connectivity index (χ4n) is 7.77. The number of hydrogen-bond donors (Lipinski definition) is 0. The molecule has 0 atom stereocenters. The van der Waals surface area contributed by atoms with E-state index in [-0.39, 0.29) is 0 Å². The Labute approximate surface area is 280 Å². The molecule has 3 heterocycles. The van der Waals surface area contributed by atoms with Crippen LogP contribution in [0.5, 0.6) is 0 Å². The molecule has 226 valence electrons. The minimum absolute atomic E-state index is 0.522. The average molecular weight is 625 g/mol. The zero-order chi connectivity index (χ0) is 32.6. The Hall–Kier alpha value is -7.08. The second-order valence-electron chi connectivity index (χ2n) is 12.3. The second kappa shape index (κ2) is 10.2. The van der Waals surface area contributed by atoms with Crippen LogP contribution in [0.25, 0.3) is 92.9 Å². The Morgan fingerprint density at radius 1 is 0.551 bits per heavy atom. The van der Waals surface area contributed by atoms with Crippen LogP contribution in [-0.4, -0.2) is 9.13 Å². The number of fused-ring (bicyclic) bond motifs is 10. The zero-order valence-electron chi connectivity index (χ0n) is 26.1. The number of para-hydroxylation sites is 5. The molecular formula is C44H24N4O. The van der Waals surface area contributed by atoms with Gasteiger partial charge >= 0.3 is 0 Å². The van der Waals surface area contributed by atoms with Crippen molar-refractivity contribution in [3.8, 4) is 28.6 Å². The van der Waals surface area contributed by atoms with Gasteiger partial charge in [-0.2, -0.15) is 5.26 Å². The SMILES string of the molecule is [C-]#[N+]c1cccc(-c2ccc(-n3c4ccccc4c4ccc5oc6ccccc6c5c43)cc2C#N)c1-n1c2ccccc2c2ccccc21. The molecule has 0 spiro atoms. The van der Waals surface area contributed by atoms with Crippen LogP contribution in [0.15, 0.2) is 150 Å². The maximum atomic E-state index is 10.8. The number of hydrogen-bond acceptors (Lipinski definition) is 2. The highest BCUT2D eigenvalue weighted by Gasteiger charge is 2.22. The van der Waals surface area contributed by atoms with Crippen molar-refractivity contribution < 1.29 is 4.42 Å². The lowest BCUT2D eigenvalue weighted by molar-refractivity contribution is 0.669. The average Bonchev–Trinajstić information content (AvgIpc) is 3.82. The highest BCUT2D eigenvalue weighted by Crippen LogP contribution is 2.44. The number of benzene rings is 7. The number of furan rings is 1. The van der Waals surface area contributed by atoms with Crippen molar-refractivity contribution in [2.75, 3.05) is 0 Å². The first-order valence-electron chi connectivity index (χ1n) is 16.1. The highest BCUT2D eigenvalue weighted by atomic mass is 16.3. The van der Waals surface area contributed by atoms with Gasteiger partial charge in [-0.1, -0.05) is 97.1 Å². The standard InChI is InChI=1S/C44H24N4O/c1-46-36-16-10-15-33(43(36)48-38-18-7-2-11-30(38)31-12-3-8-19-39(31)48)29-22-21-28(25-27(29)26-45)47-37-17-6-4-13-32(37)34-23-24-41-42(44(34)47)35-14-5-9-20-40(35)49-41/h2-25H. The normalized spacial score (nSPS) is 11.6. The van der Waals surface area contributed by atoms with E-state index in [0.717, 1.165) is 88.1 Å². The largest absolute Gasteiger partial charge is 0.456 e. The lowest BCUT2D eigenvalue weighted by atomic mass is 9.96. The molecule has 0 unspecified atom stereocenters. The van der Waals surface area contributed by atoms with Gasteiger partial charge in [0.2, 0.25) is 5.69 Å². The van der Waals surface area contributed by atoms with Gasteiger partial charge in [0.05, 0.1) is 51.3 Å². The Morgan fingerprint density at radius 2 is 1.18 bits per heavy atom. The van der Waals surface area contributed by atoms with Crippen molar-refractivity contribution >= 4 is 71.2 Å². The molecule has 5 nitrogen and oxygen atoms in total. The van der Waals surface area contributed by atoms with E-state index < -0.39 is 0 Å². The predicted molar refractivity (Wildman–Crippen MR) is 199 cm³/mol. The molecule has 10 aromatic rings. The summed E-state index contributed by atoms with van der Waals surface area (Å²) in [4.78, 5) is 3.99. The lowest BCUT2D eigenvalue weighted by Crippen LogP contribution is -2.00. The van der Waals surface area contributed by atoms with Gasteiger partial charge in [-0.15, -0.1) is 0 Å². The molecule has 0 aliphatic carbocycles. The minimum Gasteiger partial charge on any atom is -0.456 e. The summed E-state index contributed by atoms with van der Waals surface area (Å²) >= 11 is 0. The van der Waals surface area contributed by atoms with Crippen molar-refractivity contribution in [1.29, 1.82) is 5.26 Å². The van der Waals surface area contributed by atoms with E-state index in [1.165, 1.54) is 0 Å². The second-order valence-corrected chi connectivity index (χ2v) is 12.3. The van der Waals surface area contributed by atoms with Gasteiger partial charge in [-0.25, -0.2) is 4.85 Å². The van der Waals surface area contributed by atoms with Crippen molar-refractivity contribution in [1.82, 2.24) is 9.13 Å². The number of rotatable bonds is 3. The molecular weight excluding hydrogens is 601 g/mol.